The number of piperidine rings is 2. The van der Waals surface area contributed by atoms with E-state index in [-0.39, 0.29) is 36.0 Å². The number of hydrogen-bond acceptors (Lipinski definition) is 12. The molecule has 0 radical (unpaired) electrons. The van der Waals surface area contributed by atoms with Gasteiger partial charge in [0.25, 0.3) is 11.8 Å². The summed E-state index contributed by atoms with van der Waals surface area (Å²) in [6, 6.07) is 30.6. The number of fused-ring (bicyclic) bond motifs is 1. The second-order valence-corrected chi connectivity index (χ2v) is 14.9. The van der Waals surface area contributed by atoms with E-state index in [0.29, 0.717) is 76.6 Å². The first-order valence-corrected chi connectivity index (χ1v) is 19.8. The molecule has 2 aromatic heterocycles. The highest BCUT2D eigenvalue weighted by Crippen LogP contribution is 2.25. The van der Waals surface area contributed by atoms with Gasteiger partial charge in [-0.15, -0.1) is 0 Å². The summed E-state index contributed by atoms with van der Waals surface area (Å²) < 4.78 is 11.6. The van der Waals surface area contributed by atoms with E-state index in [0.717, 1.165) is 21.9 Å². The number of aromatic nitrogens is 2. The molecular weight excluding hydrogens is 769 g/mol. The fraction of sp³-hybridized carbons (Fsp3) is 0.318. The van der Waals surface area contributed by atoms with E-state index >= 15 is 0 Å². The van der Waals surface area contributed by atoms with Gasteiger partial charge in [0.15, 0.2) is 0 Å². The van der Waals surface area contributed by atoms with Gasteiger partial charge in [0, 0.05) is 0 Å². The highest BCUT2D eigenvalue weighted by Gasteiger charge is 2.37. The number of carbonyl (C=O) groups is 4. The Balaban J connectivity index is 0.000000203. The van der Waals surface area contributed by atoms with Crippen LogP contribution in [0.3, 0.4) is 0 Å². The van der Waals surface area contributed by atoms with Crippen molar-refractivity contribution in [3.63, 3.8) is 0 Å². The minimum Gasteiger partial charge on any atom is -0.487 e. The summed E-state index contributed by atoms with van der Waals surface area (Å²) in [6.07, 6.45) is 5.38. The molecule has 2 saturated heterocycles. The van der Waals surface area contributed by atoms with Crippen molar-refractivity contribution in [2.45, 2.75) is 62.8 Å². The first-order valence-electron chi connectivity index (χ1n) is 19.8. The van der Waals surface area contributed by atoms with E-state index < -0.39 is 22.9 Å². The van der Waals surface area contributed by atoms with Crippen LogP contribution in [0.5, 0.6) is 11.5 Å². The van der Waals surface area contributed by atoms with Crippen LogP contribution in [-0.2, 0) is 22.8 Å². The van der Waals surface area contributed by atoms with Crippen LogP contribution < -0.4 is 41.7 Å². The van der Waals surface area contributed by atoms with Gasteiger partial charge in [-0.25, -0.2) is 20.9 Å². The van der Waals surface area contributed by atoms with E-state index in [1.165, 1.54) is 12.4 Å². The summed E-state index contributed by atoms with van der Waals surface area (Å²) >= 11 is 0. The summed E-state index contributed by atoms with van der Waals surface area (Å²) in [5.41, 5.74) is 4.46. The summed E-state index contributed by atoms with van der Waals surface area (Å²) in [4.78, 5) is 57.3. The third-order valence-electron chi connectivity index (χ3n) is 10.6. The molecule has 0 saturated carbocycles. The molecule has 314 valence electrons. The largest absolute Gasteiger partial charge is 0.487 e. The van der Waals surface area contributed by atoms with Gasteiger partial charge in [-0.1, -0.05) is 72.8 Å². The molecule has 3 aromatic carbocycles. The lowest BCUT2D eigenvalue weighted by Gasteiger charge is -2.37. The zero-order valence-corrected chi connectivity index (χ0v) is 33.1. The fourth-order valence-electron chi connectivity index (χ4n) is 7.33. The van der Waals surface area contributed by atoms with Crippen molar-refractivity contribution in [1.29, 1.82) is 0 Å². The lowest BCUT2D eigenvalue weighted by molar-refractivity contribution is -0.131. The van der Waals surface area contributed by atoms with Crippen LogP contribution in [0.2, 0.25) is 0 Å². The third kappa shape index (κ3) is 12.0. The molecule has 4 heterocycles. The quantitative estimate of drug-likeness (QED) is 0.0589. The zero-order chi connectivity index (χ0) is 42.2. The second kappa shape index (κ2) is 21.0. The number of hydrogen-bond donors (Lipinski definition) is 8. The predicted octanol–water partition coefficient (Wildman–Crippen LogP) is 3.97. The van der Waals surface area contributed by atoms with Gasteiger partial charge in [0.2, 0.25) is 11.8 Å². The predicted molar refractivity (Wildman–Crippen MR) is 221 cm³/mol. The molecule has 4 amide bonds. The Kier molecular flexibility index (Phi) is 15.1. The fourth-order valence-corrected chi connectivity index (χ4v) is 7.33. The van der Waals surface area contributed by atoms with E-state index in [1.54, 1.807) is 35.2 Å². The highest BCUT2D eigenvalue weighted by atomic mass is 16.5. The lowest BCUT2D eigenvalue weighted by atomic mass is 9.84. The van der Waals surface area contributed by atoms with Crippen molar-refractivity contribution >= 4 is 34.4 Å². The van der Waals surface area contributed by atoms with Gasteiger partial charge in [-0.05, 0) is 98.0 Å². The average molecular weight is 819 g/mol. The van der Waals surface area contributed by atoms with Crippen molar-refractivity contribution in [1.82, 2.24) is 42.2 Å². The van der Waals surface area contributed by atoms with Crippen LogP contribution in [0.15, 0.2) is 109 Å². The Labute approximate surface area is 347 Å². The van der Waals surface area contributed by atoms with Crippen LogP contribution >= 0.6 is 0 Å². The SMILES string of the molecule is O=C(CC1(NC(=O)c2ccc(OCc3cccc4ccccc34)cn2)CCNCC1)NO.O=C(CC1(NC(=O)c2ccc(OCc3ccccc3)cn2)CCNCC1)NO. The first-order chi connectivity index (χ1) is 29.2. The van der Waals surface area contributed by atoms with Crippen molar-refractivity contribution in [2.24, 2.45) is 0 Å². The van der Waals surface area contributed by atoms with Crippen LogP contribution in [0, 0.1) is 0 Å². The monoisotopic (exact) mass is 818 g/mol. The second-order valence-electron chi connectivity index (χ2n) is 14.9. The summed E-state index contributed by atoms with van der Waals surface area (Å²) in [7, 11) is 0. The van der Waals surface area contributed by atoms with E-state index in [9.17, 15) is 19.2 Å². The van der Waals surface area contributed by atoms with Gasteiger partial charge >= 0.3 is 0 Å². The molecule has 0 atom stereocenters. The number of amides is 4. The highest BCUT2D eigenvalue weighted by molar-refractivity contribution is 5.94. The third-order valence-corrected chi connectivity index (χ3v) is 10.6. The number of carbonyl (C=O) groups excluding carboxylic acids is 4. The Morgan fingerprint density at radius 2 is 1.07 bits per heavy atom. The van der Waals surface area contributed by atoms with E-state index in [2.05, 4.69) is 49.4 Å². The number of benzene rings is 3. The molecule has 0 unspecified atom stereocenters. The molecule has 16 nitrogen and oxygen atoms in total. The van der Waals surface area contributed by atoms with E-state index in [4.69, 9.17) is 19.9 Å². The zero-order valence-electron chi connectivity index (χ0n) is 33.1. The smallest absolute Gasteiger partial charge is 0.270 e. The van der Waals surface area contributed by atoms with Crippen LogP contribution in [0.4, 0.5) is 0 Å². The number of ether oxygens (including phenoxy) is 2. The Morgan fingerprint density at radius 1 is 0.583 bits per heavy atom. The van der Waals surface area contributed by atoms with Gasteiger partial charge in [-0.2, -0.15) is 0 Å². The number of rotatable bonds is 14. The molecule has 5 aromatic rings. The maximum atomic E-state index is 12.8. The van der Waals surface area contributed by atoms with Gasteiger partial charge < -0.3 is 30.7 Å². The molecule has 0 aliphatic carbocycles. The molecule has 7 rings (SSSR count). The summed E-state index contributed by atoms with van der Waals surface area (Å²) in [5.74, 6) is -0.653. The number of nitrogens with zero attached hydrogens (tertiary/aromatic N) is 2. The average Bonchev–Trinajstić information content (AvgIpc) is 3.29. The Hall–Kier alpha value is -6.46. The van der Waals surface area contributed by atoms with Crippen molar-refractivity contribution < 1.29 is 39.1 Å². The minimum absolute atomic E-state index is 0.00312. The lowest BCUT2D eigenvalue weighted by Crippen LogP contribution is -2.56. The Bertz CT molecular complexity index is 2190. The van der Waals surface area contributed by atoms with Crippen LogP contribution in [0.25, 0.3) is 10.8 Å². The van der Waals surface area contributed by atoms with Crippen molar-refractivity contribution in [3.05, 3.63) is 132 Å². The standard InChI is InChI=1S/C24H26N4O4.C20H24N4O4/c29-22(28-31)14-24(10-12-25-13-11-24)27-23(30)21-9-8-19(15-26-21)32-16-18-6-3-5-17-4-1-2-7-20(17)18;25-18(24-27)12-20(8-10-21-11-9-20)23-19(26)17-7-6-16(13-22-17)28-14-15-4-2-1-3-5-15/h1-9,15,25,31H,10-14,16H2,(H,27,30)(H,28,29);1-7,13,21,27H,8-12,14H2,(H,23,26)(H,24,25). The molecule has 8 N–H and O–H groups in total. The van der Waals surface area contributed by atoms with Crippen molar-refractivity contribution in [2.75, 3.05) is 26.2 Å². The maximum Gasteiger partial charge on any atom is 0.270 e. The normalized spacial score (nSPS) is 15.3. The molecule has 2 fully saturated rings. The topological polar surface area (TPSA) is 225 Å². The molecule has 60 heavy (non-hydrogen) atoms. The molecule has 2 aliphatic heterocycles. The number of hydroxylamine groups is 2. The molecule has 0 bridgehead atoms. The van der Waals surface area contributed by atoms with Gasteiger partial charge in [-0.3, -0.25) is 29.6 Å². The molecule has 0 spiro atoms. The summed E-state index contributed by atoms with van der Waals surface area (Å²) in [5, 5.41) is 32.3. The first kappa shape index (κ1) is 43.1. The Morgan fingerprint density at radius 3 is 1.57 bits per heavy atom. The summed E-state index contributed by atoms with van der Waals surface area (Å²) in [6.45, 7) is 3.51. The van der Waals surface area contributed by atoms with Crippen LogP contribution in [0.1, 0.15) is 70.6 Å². The van der Waals surface area contributed by atoms with Crippen LogP contribution in [-0.4, -0.2) is 81.3 Å². The van der Waals surface area contributed by atoms with Crippen molar-refractivity contribution in [3.8, 4) is 11.5 Å². The number of nitrogens with one attached hydrogen (secondary N) is 6. The molecular formula is C44H50N8O8. The molecule has 2 aliphatic rings. The van der Waals surface area contributed by atoms with Gasteiger partial charge in [0.1, 0.15) is 36.1 Å². The molecule has 16 heteroatoms. The van der Waals surface area contributed by atoms with E-state index in [1.807, 2.05) is 54.6 Å². The number of pyridine rings is 2. The maximum absolute atomic E-state index is 12.8. The van der Waals surface area contributed by atoms with Gasteiger partial charge in [0.05, 0.1) is 36.3 Å². The minimum atomic E-state index is -0.722.